The number of carbonyl (C=O) groups is 2. The number of sulfonamides is 1. The second-order valence-electron chi connectivity index (χ2n) is 7.39. The molecule has 0 saturated heterocycles. The van der Waals surface area contributed by atoms with Gasteiger partial charge in [-0.2, -0.15) is 0 Å². The van der Waals surface area contributed by atoms with E-state index in [9.17, 15) is 18.0 Å². The maximum atomic E-state index is 12.5. The van der Waals surface area contributed by atoms with Crippen LogP contribution < -0.4 is 15.6 Å². The topological polar surface area (TPSA) is 122 Å². The van der Waals surface area contributed by atoms with Gasteiger partial charge in [-0.15, -0.1) is 0 Å². The number of amides is 2. The van der Waals surface area contributed by atoms with Crippen LogP contribution in [-0.4, -0.2) is 29.8 Å². The zero-order valence-corrected chi connectivity index (χ0v) is 19.5. The summed E-state index contributed by atoms with van der Waals surface area (Å²) < 4.78 is 29.3. The van der Waals surface area contributed by atoms with Crippen LogP contribution in [0.1, 0.15) is 16.2 Å². The quantitative estimate of drug-likeness (QED) is 0.353. The molecule has 9 nitrogen and oxygen atoms in total. The molecule has 0 unspecified atom stereocenters. The number of hydrogen-bond acceptors (Lipinski definition) is 5. The summed E-state index contributed by atoms with van der Waals surface area (Å²) in [6.07, 6.45) is -0.0288. The lowest BCUT2D eigenvalue weighted by molar-refractivity contribution is -0.121. The number of aromatic nitrogens is 2. The lowest BCUT2D eigenvalue weighted by Crippen LogP contribution is -2.42. The van der Waals surface area contributed by atoms with Crippen molar-refractivity contribution in [2.45, 2.75) is 11.3 Å². The monoisotopic (exact) mass is 497 g/mol. The molecule has 0 aliphatic carbocycles. The third kappa shape index (κ3) is 5.19. The molecule has 0 atom stereocenters. The van der Waals surface area contributed by atoms with Crippen molar-refractivity contribution < 1.29 is 18.0 Å². The van der Waals surface area contributed by atoms with E-state index < -0.39 is 21.8 Å². The first-order valence-corrected chi connectivity index (χ1v) is 12.0. The highest BCUT2D eigenvalue weighted by molar-refractivity contribution is 7.92. The number of carbonyl (C=O) groups excluding carboxylic acids is 2. The molecular formula is C23H20ClN5O4S. The second-order valence-corrected chi connectivity index (χ2v) is 9.51. The molecule has 2 amide bonds. The van der Waals surface area contributed by atoms with Crippen LogP contribution in [-0.2, 0) is 28.3 Å². The molecule has 34 heavy (non-hydrogen) atoms. The van der Waals surface area contributed by atoms with Crippen LogP contribution in [0.4, 0.5) is 5.69 Å². The van der Waals surface area contributed by atoms with Crippen LogP contribution in [0.25, 0.3) is 11.0 Å². The van der Waals surface area contributed by atoms with Crippen molar-refractivity contribution in [3.63, 3.8) is 0 Å². The van der Waals surface area contributed by atoms with E-state index in [0.717, 1.165) is 11.0 Å². The van der Waals surface area contributed by atoms with Crippen molar-refractivity contribution in [2.75, 3.05) is 4.72 Å². The lowest BCUT2D eigenvalue weighted by Gasteiger charge is -2.10. The molecule has 174 valence electrons. The van der Waals surface area contributed by atoms with Gasteiger partial charge in [0, 0.05) is 23.3 Å². The number of nitrogens with one attached hydrogen (secondary N) is 3. The number of halogens is 1. The van der Waals surface area contributed by atoms with E-state index in [-0.39, 0.29) is 16.9 Å². The number of anilines is 1. The molecule has 0 spiro atoms. The Hall–Kier alpha value is -3.89. The summed E-state index contributed by atoms with van der Waals surface area (Å²) in [5, 5.41) is 0.485. The number of aryl methyl sites for hydroxylation is 1. The van der Waals surface area contributed by atoms with E-state index in [2.05, 4.69) is 20.6 Å². The van der Waals surface area contributed by atoms with Crippen LogP contribution in [0.2, 0.25) is 5.02 Å². The van der Waals surface area contributed by atoms with Gasteiger partial charge in [-0.1, -0.05) is 23.7 Å². The summed E-state index contributed by atoms with van der Waals surface area (Å²) in [6, 6.07) is 19.0. The zero-order chi connectivity index (χ0) is 24.3. The highest BCUT2D eigenvalue weighted by Crippen LogP contribution is 2.19. The van der Waals surface area contributed by atoms with Crippen molar-refractivity contribution in [3.05, 3.63) is 89.2 Å². The van der Waals surface area contributed by atoms with Gasteiger partial charge in [-0.05, 0) is 60.7 Å². The van der Waals surface area contributed by atoms with E-state index >= 15 is 0 Å². The fourth-order valence-electron chi connectivity index (χ4n) is 3.26. The van der Waals surface area contributed by atoms with E-state index in [1.54, 1.807) is 12.1 Å². The maximum absolute atomic E-state index is 12.5. The van der Waals surface area contributed by atoms with Crippen LogP contribution in [0.3, 0.4) is 0 Å². The average molecular weight is 498 g/mol. The Morgan fingerprint density at radius 1 is 0.941 bits per heavy atom. The molecule has 0 aliphatic heterocycles. The summed E-state index contributed by atoms with van der Waals surface area (Å²) in [6.45, 7) is 0. The fourth-order valence-corrected chi connectivity index (χ4v) is 4.44. The highest BCUT2D eigenvalue weighted by atomic mass is 35.5. The minimum Gasteiger partial charge on any atom is -0.331 e. The molecule has 3 aromatic carbocycles. The Labute approximate surface area is 200 Å². The summed E-state index contributed by atoms with van der Waals surface area (Å²) in [5.74, 6) is -0.484. The number of rotatable bonds is 6. The van der Waals surface area contributed by atoms with Crippen LogP contribution in [0.15, 0.2) is 77.7 Å². The minimum atomic E-state index is -3.85. The van der Waals surface area contributed by atoms with Crippen molar-refractivity contribution in [2.24, 2.45) is 7.05 Å². The van der Waals surface area contributed by atoms with Crippen LogP contribution >= 0.6 is 11.6 Å². The number of benzene rings is 3. The fraction of sp³-hybridized carbons (Fsp3) is 0.0870. The van der Waals surface area contributed by atoms with Gasteiger partial charge in [-0.25, -0.2) is 13.4 Å². The van der Waals surface area contributed by atoms with Crippen LogP contribution in [0, 0.1) is 0 Å². The molecule has 11 heteroatoms. The number of nitrogens with zero attached hydrogens (tertiary/aromatic N) is 2. The van der Waals surface area contributed by atoms with Crippen LogP contribution in [0.5, 0.6) is 0 Å². The smallest absolute Gasteiger partial charge is 0.269 e. The summed E-state index contributed by atoms with van der Waals surface area (Å²) in [4.78, 5) is 29.1. The van der Waals surface area contributed by atoms with Crippen molar-refractivity contribution >= 4 is 50.2 Å². The molecule has 1 heterocycles. The summed E-state index contributed by atoms with van der Waals surface area (Å²) in [7, 11) is -2.03. The first kappa shape index (κ1) is 23.3. The first-order chi connectivity index (χ1) is 16.2. The third-order valence-electron chi connectivity index (χ3n) is 5.04. The van der Waals surface area contributed by atoms with E-state index in [4.69, 9.17) is 11.6 Å². The second kappa shape index (κ2) is 9.54. The molecular weight excluding hydrogens is 478 g/mol. The highest BCUT2D eigenvalue weighted by Gasteiger charge is 2.16. The summed E-state index contributed by atoms with van der Waals surface area (Å²) in [5.41, 5.74) is 6.88. The normalized spacial score (nSPS) is 11.2. The first-order valence-electron chi connectivity index (χ1n) is 10.1. The number of para-hydroxylation sites is 2. The van der Waals surface area contributed by atoms with E-state index in [1.165, 1.54) is 36.4 Å². The molecule has 4 rings (SSSR count). The van der Waals surface area contributed by atoms with Crippen molar-refractivity contribution in [1.29, 1.82) is 0 Å². The van der Waals surface area contributed by atoms with Crippen molar-refractivity contribution in [3.8, 4) is 0 Å². The minimum absolute atomic E-state index is 0.0233. The largest absolute Gasteiger partial charge is 0.331 e. The molecule has 0 aliphatic rings. The lowest BCUT2D eigenvalue weighted by atomic mass is 10.2. The van der Waals surface area contributed by atoms with Crippen molar-refractivity contribution in [1.82, 2.24) is 20.4 Å². The van der Waals surface area contributed by atoms with Gasteiger partial charge in [-0.3, -0.25) is 25.2 Å². The zero-order valence-electron chi connectivity index (χ0n) is 17.9. The van der Waals surface area contributed by atoms with Gasteiger partial charge in [0.25, 0.3) is 15.9 Å². The molecule has 1 aromatic heterocycles. The predicted octanol–water partition coefficient (Wildman–Crippen LogP) is 3.03. The van der Waals surface area contributed by atoms with E-state index in [1.807, 2.05) is 35.9 Å². The van der Waals surface area contributed by atoms with Gasteiger partial charge in [0.15, 0.2) is 0 Å². The molecule has 0 radical (unpaired) electrons. The Bertz CT molecular complexity index is 1470. The Kier molecular flexibility index (Phi) is 6.53. The Morgan fingerprint density at radius 2 is 1.62 bits per heavy atom. The van der Waals surface area contributed by atoms with Gasteiger partial charge in [0.05, 0.1) is 22.3 Å². The van der Waals surface area contributed by atoms with Gasteiger partial charge in [0.2, 0.25) is 5.91 Å². The molecule has 4 aromatic rings. The van der Waals surface area contributed by atoms with Gasteiger partial charge >= 0.3 is 0 Å². The SMILES string of the molecule is Cn1c(CC(=O)NNC(=O)c2ccc(S(=O)(=O)Nc3ccc(Cl)cc3)cc2)nc2ccccc21. The molecule has 0 fully saturated rings. The van der Waals surface area contributed by atoms with Gasteiger partial charge in [0.1, 0.15) is 5.82 Å². The summed E-state index contributed by atoms with van der Waals surface area (Å²) >= 11 is 5.81. The number of fused-ring (bicyclic) bond motifs is 1. The maximum Gasteiger partial charge on any atom is 0.269 e. The standard InChI is InChI=1S/C23H20ClN5O4S/c1-29-20-5-3-2-4-19(20)25-21(29)14-22(30)26-27-23(31)15-6-12-18(13-7-15)34(32,33)28-17-10-8-16(24)9-11-17/h2-13,28H,14H2,1H3,(H,26,30)(H,27,31). The average Bonchev–Trinajstić information content (AvgIpc) is 3.14. The van der Waals surface area contributed by atoms with Gasteiger partial charge < -0.3 is 4.57 Å². The third-order valence-corrected chi connectivity index (χ3v) is 6.69. The molecule has 0 bridgehead atoms. The number of hydrazine groups is 1. The molecule has 0 saturated carbocycles. The Balaban J connectivity index is 1.35. The van der Waals surface area contributed by atoms with E-state index in [0.29, 0.717) is 16.5 Å². The number of hydrogen-bond donors (Lipinski definition) is 3. The predicted molar refractivity (Wildman–Crippen MR) is 129 cm³/mol. The number of imidazole rings is 1. The Morgan fingerprint density at radius 3 is 2.29 bits per heavy atom. The molecule has 3 N–H and O–H groups in total.